The number of carbonyl (C=O) groups excluding carboxylic acids is 1. The van der Waals surface area contributed by atoms with E-state index >= 15 is 0 Å². The van der Waals surface area contributed by atoms with Crippen LogP contribution in [0.1, 0.15) is 41.2 Å². The van der Waals surface area contributed by atoms with Crippen LogP contribution < -0.4 is 5.32 Å². The van der Waals surface area contributed by atoms with Gasteiger partial charge in [-0.2, -0.15) is 23.4 Å². The highest BCUT2D eigenvalue weighted by Gasteiger charge is 2.37. The molecule has 7 nitrogen and oxygen atoms in total. The van der Waals surface area contributed by atoms with Gasteiger partial charge in [0.25, 0.3) is 5.91 Å². The number of halogens is 3. The molecule has 0 saturated heterocycles. The predicted octanol–water partition coefficient (Wildman–Crippen LogP) is 4.19. The van der Waals surface area contributed by atoms with Crippen molar-refractivity contribution in [1.82, 2.24) is 30.3 Å². The van der Waals surface area contributed by atoms with Crippen molar-refractivity contribution in [3.05, 3.63) is 65.1 Å². The first-order valence-corrected chi connectivity index (χ1v) is 10.5. The SMILES string of the molecule is CCc1c(Cc2nc(-c3ccc(C(=O)NC(C)C(F)(F)F)cc3)nn2C)ccc2[nH]ncc12. The molecule has 4 rings (SSSR count). The Bertz CT molecular complexity index is 1290. The van der Waals surface area contributed by atoms with Crippen molar-refractivity contribution in [3.63, 3.8) is 0 Å². The van der Waals surface area contributed by atoms with Crippen LogP contribution in [-0.2, 0) is 19.9 Å². The van der Waals surface area contributed by atoms with Crippen LogP contribution >= 0.6 is 0 Å². The summed E-state index contributed by atoms with van der Waals surface area (Å²) < 4.78 is 39.7. The second-order valence-electron chi connectivity index (χ2n) is 7.85. The van der Waals surface area contributed by atoms with E-state index in [9.17, 15) is 18.0 Å². The summed E-state index contributed by atoms with van der Waals surface area (Å²) in [6, 6.07) is 8.31. The number of benzene rings is 2. The van der Waals surface area contributed by atoms with Gasteiger partial charge in [0, 0.05) is 30.0 Å². The van der Waals surface area contributed by atoms with Crippen LogP contribution in [0, 0.1) is 0 Å². The van der Waals surface area contributed by atoms with E-state index in [2.05, 4.69) is 33.3 Å². The Morgan fingerprint density at radius 1 is 1.18 bits per heavy atom. The Balaban J connectivity index is 1.53. The van der Waals surface area contributed by atoms with Crippen LogP contribution in [0.15, 0.2) is 42.6 Å². The molecule has 0 aliphatic heterocycles. The molecule has 172 valence electrons. The molecule has 1 atom stereocenters. The number of aryl methyl sites for hydroxylation is 2. The molecule has 0 spiro atoms. The van der Waals surface area contributed by atoms with Gasteiger partial charge in [0.1, 0.15) is 11.9 Å². The minimum Gasteiger partial charge on any atom is -0.341 e. The largest absolute Gasteiger partial charge is 0.408 e. The Kier molecular flexibility index (Phi) is 5.92. The average molecular weight is 456 g/mol. The van der Waals surface area contributed by atoms with E-state index in [1.54, 1.807) is 16.8 Å². The summed E-state index contributed by atoms with van der Waals surface area (Å²) in [7, 11) is 1.81. The van der Waals surface area contributed by atoms with E-state index in [1.165, 1.54) is 17.7 Å². The maximum Gasteiger partial charge on any atom is 0.408 e. The molecule has 0 fully saturated rings. The topological polar surface area (TPSA) is 88.5 Å². The Labute approximate surface area is 188 Å². The molecule has 2 heterocycles. The summed E-state index contributed by atoms with van der Waals surface area (Å²) in [5.74, 6) is 0.455. The molecule has 2 N–H and O–H groups in total. The van der Waals surface area contributed by atoms with E-state index in [-0.39, 0.29) is 5.56 Å². The fourth-order valence-corrected chi connectivity index (χ4v) is 3.70. The molecule has 4 aromatic rings. The van der Waals surface area contributed by atoms with Crippen molar-refractivity contribution < 1.29 is 18.0 Å². The monoisotopic (exact) mass is 456 g/mol. The quantitative estimate of drug-likeness (QED) is 0.455. The van der Waals surface area contributed by atoms with E-state index < -0.39 is 18.1 Å². The van der Waals surface area contributed by atoms with Gasteiger partial charge in [-0.25, -0.2) is 4.98 Å². The molecule has 0 saturated carbocycles. The Morgan fingerprint density at radius 3 is 2.58 bits per heavy atom. The fourth-order valence-electron chi connectivity index (χ4n) is 3.70. The smallest absolute Gasteiger partial charge is 0.341 e. The minimum absolute atomic E-state index is 0.131. The number of carbonyl (C=O) groups is 1. The summed E-state index contributed by atoms with van der Waals surface area (Å²) in [5, 5.41) is 14.6. The van der Waals surface area contributed by atoms with Crippen LogP contribution in [0.25, 0.3) is 22.3 Å². The Morgan fingerprint density at radius 2 is 1.91 bits per heavy atom. The third-order valence-electron chi connectivity index (χ3n) is 5.63. The van der Waals surface area contributed by atoms with E-state index in [0.717, 1.165) is 35.6 Å². The lowest BCUT2D eigenvalue weighted by atomic mass is 9.98. The molecule has 1 unspecified atom stereocenters. The van der Waals surface area contributed by atoms with E-state index in [0.29, 0.717) is 17.8 Å². The van der Waals surface area contributed by atoms with Crippen LogP contribution in [0.2, 0.25) is 0 Å². The predicted molar refractivity (Wildman–Crippen MR) is 118 cm³/mol. The maximum absolute atomic E-state index is 12.7. The zero-order valence-electron chi connectivity index (χ0n) is 18.4. The third-order valence-corrected chi connectivity index (χ3v) is 5.63. The highest BCUT2D eigenvalue weighted by atomic mass is 19.4. The highest BCUT2D eigenvalue weighted by molar-refractivity contribution is 5.94. The van der Waals surface area contributed by atoms with Crippen molar-refractivity contribution in [2.45, 2.75) is 38.9 Å². The average Bonchev–Trinajstić information content (AvgIpc) is 3.40. The first-order chi connectivity index (χ1) is 15.7. The third kappa shape index (κ3) is 4.59. The normalized spacial score (nSPS) is 12.8. The summed E-state index contributed by atoms with van der Waals surface area (Å²) in [6.45, 7) is 3.00. The lowest BCUT2D eigenvalue weighted by Crippen LogP contribution is -2.43. The number of hydrogen-bond acceptors (Lipinski definition) is 4. The number of H-pyrrole nitrogens is 1. The molecule has 33 heavy (non-hydrogen) atoms. The number of fused-ring (bicyclic) bond motifs is 1. The molecular formula is C23H23F3N6O. The van der Waals surface area contributed by atoms with Gasteiger partial charge in [-0.3, -0.25) is 14.6 Å². The fraction of sp³-hybridized carbons (Fsp3) is 0.304. The lowest BCUT2D eigenvalue weighted by molar-refractivity contribution is -0.149. The highest BCUT2D eigenvalue weighted by Crippen LogP contribution is 2.25. The van der Waals surface area contributed by atoms with Crippen molar-refractivity contribution in [2.75, 3.05) is 0 Å². The number of hydrogen-bond donors (Lipinski definition) is 2. The second kappa shape index (κ2) is 8.68. The Hall–Kier alpha value is -3.69. The van der Waals surface area contributed by atoms with Crippen LogP contribution in [-0.4, -0.2) is 43.1 Å². The van der Waals surface area contributed by atoms with Gasteiger partial charge in [0.2, 0.25) is 0 Å². The van der Waals surface area contributed by atoms with Crippen molar-refractivity contribution in [2.24, 2.45) is 7.05 Å². The van der Waals surface area contributed by atoms with Gasteiger partial charge in [0.15, 0.2) is 5.82 Å². The van der Waals surface area contributed by atoms with Crippen molar-refractivity contribution in [3.8, 4) is 11.4 Å². The minimum atomic E-state index is -4.50. The summed E-state index contributed by atoms with van der Waals surface area (Å²) >= 11 is 0. The second-order valence-corrected chi connectivity index (χ2v) is 7.85. The van der Waals surface area contributed by atoms with Crippen molar-refractivity contribution >= 4 is 16.8 Å². The zero-order valence-corrected chi connectivity index (χ0v) is 18.4. The van der Waals surface area contributed by atoms with Crippen molar-refractivity contribution in [1.29, 1.82) is 0 Å². The van der Waals surface area contributed by atoms with E-state index in [1.807, 2.05) is 24.6 Å². The number of aromatic nitrogens is 5. The summed E-state index contributed by atoms with van der Waals surface area (Å²) in [6.07, 6.45) is -1.23. The van der Waals surface area contributed by atoms with Crippen LogP contribution in [0.5, 0.6) is 0 Å². The van der Waals surface area contributed by atoms with Gasteiger partial charge < -0.3 is 5.32 Å². The number of nitrogens with zero attached hydrogens (tertiary/aromatic N) is 4. The molecule has 2 aromatic heterocycles. The molecule has 0 radical (unpaired) electrons. The van der Waals surface area contributed by atoms with Gasteiger partial charge in [-0.15, -0.1) is 0 Å². The molecule has 0 aliphatic rings. The molecule has 0 aliphatic carbocycles. The number of amides is 1. The summed E-state index contributed by atoms with van der Waals surface area (Å²) in [4.78, 5) is 16.7. The van der Waals surface area contributed by atoms with E-state index in [4.69, 9.17) is 0 Å². The molecule has 1 amide bonds. The number of aromatic amines is 1. The molecule has 2 aromatic carbocycles. The zero-order chi connectivity index (χ0) is 23.8. The van der Waals surface area contributed by atoms with Gasteiger partial charge >= 0.3 is 6.18 Å². The number of alkyl halides is 3. The lowest BCUT2D eigenvalue weighted by Gasteiger charge is -2.17. The van der Waals surface area contributed by atoms with Crippen LogP contribution in [0.4, 0.5) is 13.2 Å². The van der Waals surface area contributed by atoms with Gasteiger partial charge in [-0.05, 0) is 42.7 Å². The van der Waals surface area contributed by atoms with Crippen LogP contribution in [0.3, 0.4) is 0 Å². The molecule has 10 heteroatoms. The molecular weight excluding hydrogens is 433 g/mol. The first kappa shape index (κ1) is 22.5. The number of rotatable bonds is 6. The maximum atomic E-state index is 12.7. The summed E-state index contributed by atoms with van der Waals surface area (Å²) in [5.41, 5.74) is 4.13. The molecule has 0 bridgehead atoms. The van der Waals surface area contributed by atoms with Gasteiger partial charge in [0.05, 0.1) is 11.7 Å². The van der Waals surface area contributed by atoms with Gasteiger partial charge in [-0.1, -0.05) is 25.1 Å². The standard InChI is InChI=1S/C23H23F3N6O/c1-4-17-16(9-10-19-18(17)12-27-30-19)11-20-29-21(31-32(20)3)14-5-7-15(8-6-14)22(33)28-13(2)23(24,25)26/h5-10,12-13H,4,11H2,1-3H3,(H,27,30)(H,28,33). The first-order valence-electron chi connectivity index (χ1n) is 10.5. The number of nitrogens with one attached hydrogen (secondary N) is 2.